The molecule has 0 saturated heterocycles. The van der Waals surface area contributed by atoms with Crippen LogP contribution < -0.4 is 5.32 Å². The van der Waals surface area contributed by atoms with E-state index >= 15 is 0 Å². The van der Waals surface area contributed by atoms with Gasteiger partial charge in [0, 0.05) is 11.6 Å². The molecule has 15 heavy (non-hydrogen) atoms. The van der Waals surface area contributed by atoms with Gasteiger partial charge in [-0.05, 0) is 26.0 Å². The lowest BCUT2D eigenvalue weighted by Gasteiger charge is -2.18. The SMILES string of the molecule is C=C(C)CC(NCC)c1ccccc1F. The van der Waals surface area contributed by atoms with Crippen molar-refractivity contribution in [2.24, 2.45) is 0 Å². The molecule has 0 aliphatic rings. The fourth-order valence-corrected chi connectivity index (χ4v) is 1.64. The summed E-state index contributed by atoms with van der Waals surface area (Å²) >= 11 is 0. The summed E-state index contributed by atoms with van der Waals surface area (Å²) in [7, 11) is 0. The molecule has 1 aromatic carbocycles. The maximum absolute atomic E-state index is 13.5. The third kappa shape index (κ3) is 3.48. The number of halogens is 1. The van der Waals surface area contributed by atoms with Crippen LogP contribution in [0.1, 0.15) is 31.9 Å². The molecule has 0 aliphatic carbocycles. The van der Waals surface area contributed by atoms with Crippen LogP contribution in [0, 0.1) is 5.82 Å². The van der Waals surface area contributed by atoms with Gasteiger partial charge in [0.05, 0.1) is 0 Å². The van der Waals surface area contributed by atoms with Crippen LogP contribution in [-0.2, 0) is 0 Å². The first kappa shape index (κ1) is 11.9. The molecule has 0 saturated carbocycles. The summed E-state index contributed by atoms with van der Waals surface area (Å²) in [5, 5.41) is 3.27. The molecule has 0 spiro atoms. The Bertz CT molecular complexity index is 333. The summed E-state index contributed by atoms with van der Waals surface area (Å²) in [5.74, 6) is -0.148. The Morgan fingerprint density at radius 1 is 1.47 bits per heavy atom. The number of benzene rings is 1. The Morgan fingerprint density at radius 3 is 2.67 bits per heavy atom. The van der Waals surface area contributed by atoms with Gasteiger partial charge in [-0.1, -0.05) is 30.7 Å². The smallest absolute Gasteiger partial charge is 0.127 e. The lowest BCUT2D eigenvalue weighted by atomic mass is 10.00. The van der Waals surface area contributed by atoms with Gasteiger partial charge in [0.1, 0.15) is 5.82 Å². The minimum atomic E-state index is -0.148. The maximum Gasteiger partial charge on any atom is 0.127 e. The molecule has 1 aromatic rings. The van der Waals surface area contributed by atoms with Crippen LogP contribution in [-0.4, -0.2) is 6.54 Å². The van der Waals surface area contributed by atoms with E-state index in [-0.39, 0.29) is 11.9 Å². The fraction of sp³-hybridized carbons (Fsp3) is 0.385. The Kier molecular flexibility index (Phi) is 4.50. The van der Waals surface area contributed by atoms with E-state index in [1.807, 2.05) is 26.0 Å². The summed E-state index contributed by atoms with van der Waals surface area (Å²) in [5.41, 5.74) is 1.78. The van der Waals surface area contributed by atoms with Crippen molar-refractivity contribution >= 4 is 0 Å². The second-order valence-corrected chi connectivity index (χ2v) is 3.79. The van der Waals surface area contributed by atoms with Gasteiger partial charge in [-0.15, -0.1) is 6.58 Å². The molecule has 1 unspecified atom stereocenters. The highest BCUT2D eigenvalue weighted by atomic mass is 19.1. The van der Waals surface area contributed by atoms with Crippen LogP contribution in [0.5, 0.6) is 0 Å². The van der Waals surface area contributed by atoms with Crippen LogP contribution in [0.3, 0.4) is 0 Å². The molecule has 0 bridgehead atoms. The molecular weight excluding hydrogens is 189 g/mol. The minimum Gasteiger partial charge on any atom is -0.310 e. The van der Waals surface area contributed by atoms with E-state index in [0.717, 1.165) is 24.1 Å². The molecule has 0 aliphatic heterocycles. The van der Waals surface area contributed by atoms with Crippen molar-refractivity contribution in [3.63, 3.8) is 0 Å². The van der Waals surface area contributed by atoms with Crippen molar-refractivity contribution < 1.29 is 4.39 Å². The van der Waals surface area contributed by atoms with Crippen LogP contribution in [0.25, 0.3) is 0 Å². The van der Waals surface area contributed by atoms with Crippen molar-refractivity contribution in [2.75, 3.05) is 6.54 Å². The Balaban J connectivity index is 2.88. The highest BCUT2D eigenvalue weighted by molar-refractivity contribution is 5.22. The van der Waals surface area contributed by atoms with E-state index in [2.05, 4.69) is 11.9 Å². The van der Waals surface area contributed by atoms with E-state index in [0.29, 0.717) is 0 Å². The second kappa shape index (κ2) is 5.66. The summed E-state index contributed by atoms with van der Waals surface area (Å²) in [6.45, 7) is 8.68. The Labute approximate surface area is 91.0 Å². The second-order valence-electron chi connectivity index (χ2n) is 3.79. The van der Waals surface area contributed by atoms with Gasteiger partial charge >= 0.3 is 0 Å². The first-order chi connectivity index (χ1) is 7.15. The molecule has 1 atom stereocenters. The number of nitrogens with one attached hydrogen (secondary N) is 1. The highest BCUT2D eigenvalue weighted by Crippen LogP contribution is 2.22. The monoisotopic (exact) mass is 207 g/mol. The third-order valence-corrected chi connectivity index (χ3v) is 2.28. The fourth-order valence-electron chi connectivity index (χ4n) is 1.64. The number of rotatable bonds is 5. The van der Waals surface area contributed by atoms with Crippen molar-refractivity contribution in [3.8, 4) is 0 Å². The van der Waals surface area contributed by atoms with E-state index in [1.165, 1.54) is 6.07 Å². The molecule has 0 fully saturated rings. The van der Waals surface area contributed by atoms with Crippen molar-refractivity contribution in [1.82, 2.24) is 5.32 Å². The number of hydrogen-bond donors (Lipinski definition) is 1. The highest BCUT2D eigenvalue weighted by Gasteiger charge is 2.13. The molecule has 0 aromatic heterocycles. The van der Waals surface area contributed by atoms with Gasteiger partial charge in [0.25, 0.3) is 0 Å². The molecule has 2 heteroatoms. The minimum absolute atomic E-state index is 0.0358. The van der Waals surface area contributed by atoms with Crippen molar-refractivity contribution in [2.45, 2.75) is 26.3 Å². The quantitative estimate of drug-likeness (QED) is 0.729. The summed E-state index contributed by atoms with van der Waals surface area (Å²) in [4.78, 5) is 0. The van der Waals surface area contributed by atoms with Crippen LogP contribution >= 0.6 is 0 Å². The Morgan fingerprint density at radius 2 is 2.13 bits per heavy atom. The van der Waals surface area contributed by atoms with E-state index < -0.39 is 0 Å². The molecule has 1 N–H and O–H groups in total. The van der Waals surface area contributed by atoms with E-state index in [9.17, 15) is 4.39 Å². The molecule has 1 nitrogen and oxygen atoms in total. The average Bonchev–Trinajstić information content (AvgIpc) is 2.17. The predicted molar refractivity (Wildman–Crippen MR) is 62.2 cm³/mol. The summed E-state index contributed by atoms with van der Waals surface area (Å²) in [6.07, 6.45) is 0.773. The average molecular weight is 207 g/mol. The van der Waals surface area contributed by atoms with Gasteiger partial charge in [-0.2, -0.15) is 0 Å². The molecule has 0 radical (unpaired) electrons. The first-order valence-electron chi connectivity index (χ1n) is 5.27. The zero-order chi connectivity index (χ0) is 11.3. The molecule has 0 amide bonds. The van der Waals surface area contributed by atoms with Gasteiger partial charge in [-0.25, -0.2) is 4.39 Å². The molecule has 0 heterocycles. The zero-order valence-corrected chi connectivity index (χ0v) is 9.39. The van der Waals surface area contributed by atoms with Crippen LogP contribution in [0.15, 0.2) is 36.4 Å². The van der Waals surface area contributed by atoms with Gasteiger partial charge in [0.15, 0.2) is 0 Å². The lowest BCUT2D eigenvalue weighted by Crippen LogP contribution is -2.22. The third-order valence-electron chi connectivity index (χ3n) is 2.28. The zero-order valence-electron chi connectivity index (χ0n) is 9.39. The maximum atomic E-state index is 13.5. The largest absolute Gasteiger partial charge is 0.310 e. The number of hydrogen-bond acceptors (Lipinski definition) is 1. The standard InChI is InChI=1S/C13H18FN/c1-4-15-13(9-10(2)3)11-7-5-6-8-12(11)14/h5-8,13,15H,2,4,9H2,1,3H3. The predicted octanol–water partition coefficient (Wildman–Crippen LogP) is 3.44. The van der Waals surface area contributed by atoms with Crippen LogP contribution in [0.4, 0.5) is 4.39 Å². The topological polar surface area (TPSA) is 12.0 Å². The van der Waals surface area contributed by atoms with Gasteiger partial charge < -0.3 is 5.32 Å². The lowest BCUT2D eigenvalue weighted by molar-refractivity contribution is 0.509. The molecule has 1 rings (SSSR count). The summed E-state index contributed by atoms with van der Waals surface area (Å²) in [6, 6.07) is 6.93. The van der Waals surface area contributed by atoms with Gasteiger partial charge in [0.2, 0.25) is 0 Å². The summed E-state index contributed by atoms with van der Waals surface area (Å²) < 4.78 is 13.5. The molecular formula is C13H18FN. The van der Waals surface area contributed by atoms with E-state index in [1.54, 1.807) is 6.07 Å². The first-order valence-corrected chi connectivity index (χ1v) is 5.27. The van der Waals surface area contributed by atoms with Crippen molar-refractivity contribution in [1.29, 1.82) is 0 Å². The van der Waals surface area contributed by atoms with Crippen LogP contribution in [0.2, 0.25) is 0 Å². The normalized spacial score (nSPS) is 12.5. The van der Waals surface area contributed by atoms with Crippen molar-refractivity contribution in [3.05, 3.63) is 47.8 Å². The van der Waals surface area contributed by atoms with E-state index in [4.69, 9.17) is 0 Å². The Hall–Kier alpha value is -1.15. The van der Waals surface area contributed by atoms with Gasteiger partial charge in [-0.3, -0.25) is 0 Å². The molecule has 82 valence electrons.